The summed E-state index contributed by atoms with van der Waals surface area (Å²) < 4.78 is 27.2. The van der Waals surface area contributed by atoms with E-state index in [1.165, 1.54) is 12.1 Å². The normalized spacial score (nSPS) is 10.4. The summed E-state index contributed by atoms with van der Waals surface area (Å²) in [4.78, 5) is 0. The highest BCUT2D eigenvalue weighted by atomic mass is 79.9. The van der Waals surface area contributed by atoms with Gasteiger partial charge in [-0.1, -0.05) is 17.7 Å². The van der Waals surface area contributed by atoms with E-state index in [1.807, 2.05) is 0 Å². The van der Waals surface area contributed by atoms with Crippen molar-refractivity contribution in [2.45, 2.75) is 6.54 Å². The number of rotatable bonds is 3. The van der Waals surface area contributed by atoms with Crippen molar-refractivity contribution in [3.63, 3.8) is 0 Å². The molecule has 2 aromatic carbocycles. The molecular formula is C13H9BrClF2N. The molecule has 0 radical (unpaired) electrons. The maximum absolute atomic E-state index is 13.5. The Morgan fingerprint density at radius 2 is 1.89 bits per heavy atom. The van der Waals surface area contributed by atoms with Crippen molar-refractivity contribution in [1.82, 2.24) is 0 Å². The van der Waals surface area contributed by atoms with Crippen molar-refractivity contribution in [1.29, 1.82) is 0 Å². The lowest BCUT2D eigenvalue weighted by Gasteiger charge is -2.09. The smallest absolute Gasteiger partial charge is 0.139 e. The van der Waals surface area contributed by atoms with Crippen LogP contribution in [0.2, 0.25) is 5.02 Å². The number of anilines is 1. The molecule has 2 rings (SSSR count). The largest absolute Gasteiger partial charge is 0.381 e. The van der Waals surface area contributed by atoms with Crippen molar-refractivity contribution < 1.29 is 8.78 Å². The Labute approximate surface area is 117 Å². The highest BCUT2D eigenvalue weighted by Gasteiger charge is 2.07. The molecule has 5 heteroatoms. The quantitative estimate of drug-likeness (QED) is 0.834. The monoisotopic (exact) mass is 331 g/mol. The second-order valence-corrected chi connectivity index (χ2v) is 4.94. The second-order valence-electron chi connectivity index (χ2n) is 3.68. The zero-order valence-corrected chi connectivity index (χ0v) is 11.5. The van der Waals surface area contributed by atoms with E-state index < -0.39 is 0 Å². The van der Waals surface area contributed by atoms with Crippen molar-refractivity contribution in [2.24, 2.45) is 0 Å². The predicted octanol–water partition coefficient (Wildman–Crippen LogP) is 4.99. The van der Waals surface area contributed by atoms with E-state index in [1.54, 1.807) is 24.3 Å². The van der Waals surface area contributed by atoms with Gasteiger partial charge in [-0.2, -0.15) is 0 Å². The highest BCUT2D eigenvalue weighted by molar-refractivity contribution is 9.10. The summed E-state index contributed by atoms with van der Waals surface area (Å²) in [6, 6.07) is 9.11. The molecule has 0 aliphatic carbocycles. The van der Waals surface area contributed by atoms with Gasteiger partial charge in [0.05, 0.1) is 4.47 Å². The molecule has 0 atom stereocenters. The SMILES string of the molecule is Fc1cc(NCc2c(F)cccc2Cl)ccc1Br. The maximum Gasteiger partial charge on any atom is 0.139 e. The van der Waals surface area contributed by atoms with E-state index in [0.29, 0.717) is 20.7 Å². The summed E-state index contributed by atoms with van der Waals surface area (Å²) in [7, 11) is 0. The van der Waals surface area contributed by atoms with Gasteiger partial charge < -0.3 is 5.32 Å². The summed E-state index contributed by atoms with van der Waals surface area (Å²) in [5, 5.41) is 3.27. The third-order valence-corrected chi connectivity index (χ3v) is 3.45. The lowest BCUT2D eigenvalue weighted by Crippen LogP contribution is -2.02. The summed E-state index contributed by atoms with van der Waals surface area (Å²) in [5.41, 5.74) is 0.928. The highest BCUT2D eigenvalue weighted by Crippen LogP contribution is 2.22. The molecule has 94 valence electrons. The first-order chi connectivity index (χ1) is 8.58. The van der Waals surface area contributed by atoms with E-state index in [-0.39, 0.29) is 18.2 Å². The molecule has 0 bridgehead atoms. The standard InChI is InChI=1S/C13H9BrClF2N/c14-10-5-4-8(6-13(10)17)18-7-9-11(15)2-1-3-12(9)16/h1-6,18H,7H2. The number of hydrogen-bond donors (Lipinski definition) is 1. The zero-order valence-electron chi connectivity index (χ0n) is 9.18. The molecule has 1 N–H and O–H groups in total. The maximum atomic E-state index is 13.5. The van der Waals surface area contributed by atoms with Gasteiger partial charge in [-0.15, -0.1) is 0 Å². The fourth-order valence-electron chi connectivity index (χ4n) is 1.50. The first kappa shape index (κ1) is 13.3. The van der Waals surface area contributed by atoms with Gasteiger partial charge in [-0.05, 0) is 46.3 Å². The van der Waals surface area contributed by atoms with Crippen LogP contribution in [-0.4, -0.2) is 0 Å². The fourth-order valence-corrected chi connectivity index (χ4v) is 1.97. The van der Waals surface area contributed by atoms with Gasteiger partial charge in [0, 0.05) is 22.8 Å². The minimum Gasteiger partial charge on any atom is -0.381 e. The van der Waals surface area contributed by atoms with Crippen LogP contribution in [0, 0.1) is 11.6 Å². The van der Waals surface area contributed by atoms with Gasteiger partial charge in [0.2, 0.25) is 0 Å². The van der Waals surface area contributed by atoms with Crippen molar-refractivity contribution in [3.05, 3.63) is 63.1 Å². The van der Waals surface area contributed by atoms with Gasteiger partial charge in [0.15, 0.2) is 0 Å². The van der Waals surface area contributed by atoms with E-state index in [9.17, 15) is 8.78 Å². The first-order valence-corrected chi connectivity index (χ1v) is 6.37. The Morgan fingerprint density at radius 3 is 2.56 bits per heavy atom. The van der Waals surface area contributed by atoms with Crippen LogP contribution < -0.4 is 5.32 Å². The van der Waals surface area contributed by atoms with Crippen LogP contribution in [-0.2, 0) is 6.54 Å². The van der Waals surface area contributed by atoms with Gasteiger partial charge >= 0.3 is 0 Å². The molecule has 0 amide bonds. The van der Waals surface area contributed by atoms with Gasteiger partial charge in [-0.25, -0.2) is 8.78 Å². The van der Waals surface area contributed by atoms with Crippen molar-refractivity contribution >= 4 is 33.2 Å². The Balaban J connectivity index is 2.14. The Hall–Kier alpha value is -1.13. The van der Waals surface area contributed by atoms with Crippen molar-refractivity contribution in [3.8, 4) is 0 Å². The van der Waals surface area contributed by atoms with Crippen LogP contribution >= 0.6 is 27.5 Å². The summed E-state index contributed by atoms with van der Waals surface area (Å²) in [6.45, 7) is 0.201. The van der Waals surface area contributed by atoms with Crippen LogP contribution in [0.4, 0.5) is 14.5 Å². The third kappa shape index (κ3) is 3.00. The molecule has 0 unspecified atom stereocenters. The Bertz CT molecular complexity index is 555. The molecule has 0 spiro atoms. The molecule has 2 aromatic rings. The molecule has 0 aromatic heterocycles. The van der Waals surface area contributed by atoms with E-state index >= 15 is 0 Å². The van der Waals surface area contributed by atoms with Gasteiger partial charge in [0.1, 0.15) is 11.6 Å². The summed E-state index contributed by atoms with van der Waals surface area (Å²) in [5.74, 6) is -0.757. The van der Waals surface area contributed by atoms with E-state index in [0.717, 1.165) is 0 Å². The fraction of sp³-hybridized carbons (Fsp3) is 0.0769. The average molecular weight is 333 g/mol. The zero-order chi connectivity index (χ0) is 13.1. The molecule has 0 saturated heterocycles. The molecule has 0 aliphatic heterocycles. The number of halogens is 4. The second kappa shape index (κ2) is 5.67. The number of hydrogen-bond acceptors (Lipinski definition) is 1. The van der Waals surface area contributed by atoms with Crippen LogP contribution in [0.15, 0.2) is 40.9 Å². The lowest BCUT2D eigenvalue weighted by atomic mass is 10.2. The molecule has 0 fully saturated rings. The molecule has 0 heterocycles. The summed E-state index contributed by atoms with van der Waals surface area (Å²) in [6.07, 6.45) is 0. The minimum atomic E-state index is -0.382. The molecule has 0 aliphatic rings. The first-order valence-electron chi connectivity index (χ1n) is 5.20. The Morgan fingerprint density at radius 1 is 1.11 bits per heavy atom. The minimum absolute atomic E-state index is 0.201. The number of nitrogens with one attached hydrogen (secondary N) is 1. The molecular weight excluding hydrogens is 324 g/mol. The van der Waals surface area contributed by atoms with Crippen LogP contribution in [0.3, 0.4) is 0 Å². The predicted molar refractivity (Wildman–Crippen MR) is 72.8 cm³/mol. The van der Waals surface area contributed by atoms with Crippen LogP contribution in [0.5, 0.6) is 0 Å². The average Bonchev–Trinajstić information content (AvgIpc) is 2.33. The molecule has 0 saturated carbocycles. The van der Waals surface area contributed by atoms with Crippen LogP contribution in [0.1, 0.15) is 5.56 Å². The van der Waals surface area contributed by atoms with Crippen LogP contribution in [0.25, 0.3) is 0 Å². The van der Waals surface area contributed by atoms with Crippen molar-refractivity contribution in [2.75, 3.05) is 5.32 Å². The van der Waals surface area contributed by atoms with E-state index in [2.05, 4.69) is 21.2 Å². The van der Waals surface area contributed by atoms with Gasteiger partial charge in [0.25, 0.3) is 0 Å². The van der Waals surface area contributed by atoms with E-state index in [4.69, 9.17) is 11.6 Å². The Kier molecular flexibility index (Phi) is 4.19. The van der Waals surface area contributed by atoms with Gasteiger partial charge in [-0.3, -0.25) is 0 Å². The lowest BCUT2D eigenvalue weighted by molar-refractivity contribution is 0.612. The summed E-state index contributed by atoms with van der Waals surface area (Å²) >= 11 is 8.96. The molecule has 18 heavy (non-hydrogen) atoms. The molecule has 1 nitrogen and oxygen atoms in total. The topological polar surface area (TPSA) is 12.0 Å². The number of benzene rings is 2. The third-order valence-electron chi connectivity index (χ3n) is 2.45.